The number of amidine groups is 1. The zero-order chi connectivity index (χ0) is 17.3. The summed E-state index contributed by atoms with van der Waals surface area (Å²) in [5, 5.41) is 20.7. The standard InChI is InChI=1S/C16H12Cl2N4O2/c1-8-5-23-16(24-8)15(7-20)12(14(15,6-19)13(21)22-16)11-9(17)3-2-4-10(11)18/h2-4,8,12H,5H2,1H3,(H2,21,22)/p+1/t8-,12-,14-,15-,16+/m1/s1. The molecule has 4 rings (SSSR count). The van der Waals surface area contributed by atoms with Crippen LogP contribution in [0.2, 0.25) is 10.0 Å². The minimum Gasteiger partial charge on any atom is -0.311 e. The molecule has 0 radical (unpaired) electrons. The van der Waals surface area contributed by atoms with Crippen LogP contribution in [0.15, 0.2) is 18.2 Å². The van der Waals surface area contributed by atoms with E-state index in [9.17, 15) is 10.5 Å². The van der Waals surface area contributed by atoms with E-state index in [1.165, 1.54) is 0 Å². The van der Waals surface area contributed by atoms with Crippen molar-refractivity contribution in [3.63, 3.8) is 0 Å². The maximum atomic E-state index is 10.1. The lowest BCUT2D eigenvalue weighted by Crippen LogP contribution is -2.90. The van der Waals surface area contributed by atoms with Crippen LogP contribution in [0.3, 0.4) is 0 Å². The highest BCUT2D eigenvalue weighted by Gasteiger charge is 2.98. The Bertz CT molecular complexity index is 856. The molecule has 2 heterocycles. The number of nitrogens with zero attached hydrogens (tertiary/aromatic N) is 2. The molecule has 6 nitrogen and oxygen atoms in total. The maximum Gasteiger partial charge on any atom is 0.343 e. The number of hydrogen-bond acceptors (Lipinski definition) is 5. The van der Waals surface area contributed by atoms with Crippen LogP contribution >= 0.6 is 23.2 Å². The van der Waals surface area contributed by atoms with Gasteiger partial charge < -0.3 is 9.47 Å². The minimum atomic E-state index is -1.48. The normalized spacial score (nSPS) is 42.3. The third-order valence-electron chi connectivity index (χ3n) is 5.18. The highest BCUT2D eigenvalue weighted by Crippen LogP contribution is 2.80. The Morgan fingerprint density at radius 3 is 2.46 bits per heavy atom. The van der Waals surface area contributed by atoms with Crippen molar-refractivity contribution in [2.24, 2.45) is 16.6 Å². The molecule has 0 aromatic heterocycles. The molecule has 2 aliphatic heterocycles. The van der Waals surface area contributed by atoms with Gasteiger partial charge in [-0.1, -0.05) is 29.3 Å². The third kappa shape index (κ3) is 1.42. The molecule has 1 spiro atoms. The number of halogens is 2. The summed E-state index contributed by atoms with van der Waals surface area (Å²) in [5.74, 6) is -1.98. The molecule has 122 valence electrons. The summed E-state index contributed by atoms with van der Waals surface area (Å²) in [7, 11) is 0. The van der Waals surface area contributed by atoms with Crippen LogP contribution in [0.4, 0.5) is 0 Å². The van der Waals surface area contributed by atoms with E-state index in [1.807, 2.05) is 6.92 Å². The van der Waals surface area contributed by atoms with E-state index in [1.54, 1.807) is 18.2 Å². The fourth-order valence-electron chi connectivity index (χ4n) is 4.18. The van der Waals surface area contributed by atoms with Crippen molar-refractivity contribution in [3.8, 4) is 12.1 Å². The molecular weight excluding hydrogens is 351 g/mol. The Balaban J connectivity index is 1.98. The molecule has 3 aliphatic rings. The van der Waals surface area contributed by atoms with Crippen molar-refractivity contribution in [2.45, 2.75) is 24.9 Å². The number of nitrogens with two attached hydrogens (primary N) is 1. The van der Waals surface area contributed by atoms with Crippen LogP contribution < -0.4 is 10.7 Å². The van der Waals surface area contributed by atoms with Crippen LogP contribution in [0.1, 0.15) is 18.4 Å². The molecule has 8 heteroatoms. The van der Waals surface area contributed by atoms with E-state index in [0.29, 0.717) is 15.6 Å². The molecule has 5 atom stereocenters. The van der Waals surface area contributed by atoms with Crippen LogP contribution in [-0.2, 0) is 9.47 Å². The first-order chi connectivity index (χ1) is 11.4. The zero-order valence-electron chi connectivity index (χ0n) is 12.6. The Labute approximate surface area is 148 Å². The van der Waals surface area contributed by atoms with E-state index < -0.39 is 22.7 Å². The molecule has 24 heavy (non-hydrogen) atoms. The average Bonchev–Trinajstić information content (AvgIpc) is 2.89. The van der Waals surface area contributed by atoms with Crippen molar-refractivity contribution < 1.29 is 14.5 Å². The lowest BCUT2D eigenvalue weighted by molar-refractivity contribution is -0.677. The fraction of sp³-hybridized carbons (Fsp3) is 0.438. The molecule has 1 saturated heterocycles. The number of benzene rings is 1. The van der Waals surface area contributed by atoms with Gasteiger partial charge in [0.1, 0.15) is 0 Å². The Morgan fingerprint density at radius 1 is 1.29 bits per heavy atom. The van der Waals surface area contributed by atoms with Gasteiger partial charge in [-0.15, -0.1) is 0 Å². The van der Waals surface area contributed by atoms with Crippen LogP contribution in [0, 0.1) is 33.5 Å². The zero-order valence-corrected chi connectivity index (χ0v) is 14.1. The molecule has 1 aliphatic carbocycles. The van der Waals surface area contributed by atoms with Crippen LogP contribution in [-0.4, -0.2) is 24.5 Å². The molecule has 2 fully saturated rings. The second kappa shape index (κ2) is 4.62. The smallest absolute Gasteiger partial charge is 0.311 e. The maximum absolute atomic E-state index is 10.1. The van der Waals surface area contributed by atoms with E-state index in [-0.39, 0.29) is 18.5 Å². The van der Waals surface area contributed by atoms with E-state index >= 15 is 0 Å². The molecule has 1 aromatic rings. The molecule has 1 saturated carbocycles. The summed E-state index contributed by atoms with van der Waals surface area (Å²) in [6, 6.07) is 9.48. The number of fused-ring (bicyclic) bond motifs is 2. The topological polar surface area (TPSA) is 106 Å². The van der Waals surface area contributed by atoms with Crippen molar-refractivity contribution in [2.75, 3.05) is 6.61 Å². The van der Waals surface area contributed by atoms with Gasteiger partial charge in [0.25, 0.3) is 5.84 Å². The highest BCUT2D eigenvalue weighted by atomic mass is 35.5. The van der Waals surface area contributed by atoms with Gasteiger partial charge in [-0.05, 0) is 24.6 Å². The van der Waals surface area contributed by atoms with E-state index in [2.05, 4.69) is 17.1 Å². The first-order valence-corrected chi connectivity index (χ1v) is 8.15. The second-order valence-electron chi connectivity index (χ2n) is 6.30. The van der Waals surface area contributed by atoms with Crippen molar-refractivity contribution in [1.82, 2.24) is 0 Å². The quantitative estimate of drug-likeness (QED) is 0.761. The van der Waals surface area contributed by atoms with E-state index in [0.717, 1.165) is 0 Å². The van der Waals surface area contributed by atoms with Gasteiger partial charge in [-0.25, -0.2) is 4.99 Å². The summed E-state index contributed by atoms with van der Waals surface area (Å²) in [6.45, 7) is 2.11. The predicted molar refractivity (Wildman–Crippen MR) is 84.7 cm³/mol. The number of rotatable bonds is 1. The van der Waals surface area contributed by atoms with Crippen molar-refractivity contribution in [1.29, 1.82) is 10.5 Å². The monoisotopic (exact) mass is 363 g/mol. The molecule has 1 aromatic carbocycles. The molecule has 0 unspecified atom stereocenters. The SMILES string of the molecule is C[C@@H]1CO[C@]2([NH+]=C(N)[C@@]3(C#N)[C@@H](c4c(Cl)cccc4Cl)[C@@]23C#N)O1. The highest BCUT2D eigenvalue weighted by molar-refractivity contribution is 6.36. The molecule has 3 N–H and O–H groups in total. The Kier molecular flexibility index (Phi) is 3.02. The average molecular weight is 364 g/mol. The van der Waals surface area contributed by atoms with Gasteiger partial charge in [-0.3, -0.25) is 5.73 Å². The summed E-state index contributed by atoms with van der Waals surface area (Å²) >= 11 is 12.7. The number of nitrogens with one attached hydrogen (secondary N) is 1. The van der Waals surface area contributed by atoms with Gasteiger partial charge in [0.15, 0.2) is 10.8 Å². The lowest BCUT2D eigenvalue weighted by atomic mass is 9.94. The van der Waals surface area contributed by atoms with Gasteiger partial charge in [-0.2, -0.15) is 10.5 Å². The molecule has 0 amide bonds. The summed E-state index contributed by atoms with van der Waals surface area (Å²) in [4.78, 5) is 2.90. The van der Waals surface area contributed by atoms with Crippen molar-refractivity contribution >= 4 is 29.0 Å². The number of nitriles is 2. The summed E-state index contributed by atoms with van der Waals surface area (Å²) < 4.78 is 11.7. The largest absolute Gasteiger partial charge is 0.343 e. The van der Waals surface area contributed by atoms with Gasteiger partial charge in [0.05, 0.1) is 30.8 Å². The van der Waals surface area contributed by atoms with E-state index in [4.69, 9.17) is 38.4 Å². The lowest BCUT2D eigenvalue weighted by Gasteiger charge is -2.24. The first kappa shape index (κ1) is 15.7. The first-order valence-electron chi connectivity index (χ1n) is 7.39. The second-order valence-corrected chi connectivity index (χ2v) is 7.12. The molecular formula is C16H13Cl2N4O2+. The van der Waals surface area contributed by atoms with Crippen LogP contribution in [0.5, 0.6) is 0 Å². The van der Waals surface area contributed by atoms with Gasteiger partial charge in [0, 0.05) is 10.0 Å². The van der Waals surface area contributed by atoms with Crippen molar-refractivity contribution in [3.05, 3.63) is 33.8 Å². The summed E-state index contributed by atoms with van der Waals surface area (Å²) in [5.41, 5.74) is 3.97. The Hall–Kier alpha value is -1.83. The molecule has 0 bridgehead atoms. The predicted octanol–water partition coefficient (Wildman–Crippen LogP) is 0.651. The summed E-state index contributed by atoms with van der Waals surface area (Å²) in [6.07, 6.45) is -0.243. The van der Waals surface area contributed by atoms with Crippen LogP contribution in [0.25, 0.3) is 0 Å². The number of ether oxygens (including phenoxy) is 2. The van der Waals surface area contributed by atoms with Gasteiger partial charge >= 0.3 is 5.91 Å². The number of hydrogen-bond donors (Lipinski definition) is 2. The third-order valence-corrected chi connectivity index (χ3v) is 5.84. The Morgan fingerprint density at radius 2 is 1.96 bits per heavy atom. The fourth-order valence-corrected chi connectivity index (χ4v) is 4.80. The van der Waals surface area contributed by atoms with Gasteiger partial charge in [0.2, 0.25) is 0 Å². The minimum absolute atomic E-state index is 0.140.